The molecule has 0 spiro atoms. The van der Waals surface area contributed by atoms with E-state index in [9.17, 15) is 0 Å². The average Bonchev–Trinajstić information content (AvgIpc) is 2.06. The van der Waals surface area contributed by atoms with E-state index in [0.29, 0.717) is 0 Å². The van der Waals surface area contributed by atoms with Crippen molar-refractivity contribution >= 4 is 0 Å². The zero-order valence-corrected chi connectivity index (χ0v) is 7.68. The quantitative estimate of drug-likeness (QED) is 0.512. The van der Waals surface area contributed by atoms with E-state index in [1.165, 1.54) is 6.42 Å². The number of unbranched alkanes of at least 4 members (excludes halogenated alkanes) is 2. The second-order valence-corrected chi connectivity index (χ2v) is 2.43. The molecular weight excluding hydrogens is 138 g/mol. The maximum Gasteiger partial charge on any atom is -0.00773 e. The maximum absolute atomic E-state index is 5.23. The highest BCUT2D eigenvalue weighted by atomic mass is 14.5. The van der Waals surface area contributed by atoms with Crippen molar-refractivity contribution < 1.29 is 0 Å². The molecule has 0 radical (unpaired) electrons. The van der Waals surface area contributed by atoms with Crippen LogP contribution in [0.2, 0.25) is 0 Å². The summed E-state index contributed by atoms with van der Waals surface area (Å²) in [6, 6.07) is 0. The van der Waals surface area contributed by atoms with E-state index in [2.05, 4.69) is 6.92 Å². The minimum atomic E-state index is 0.806. The lowest BCUT2D eigenvalue weighted by Gasteiger charge is -1.91. The summed E-state index contributed by atoms with van der Waals surface area (Å²) in [5.74, 6) is 0. The molecule has 0 aliphatic carbocycles. The average molecular weight is 161 g/mol. The second-order valence-electron chi connectivity index (χ2n) is 2.43. The fraction of sp³-hybridized carbons (Fsp3) is 1.00. The molecular formula is C8H23N3. The third-order valence-electron chi connectivity index (χ3n) is 1.20. The Morgan fingerprint density at radius 2 is 1.09 bits per heavy atom. The van der Waals surface area contributed by atoms with Gasteiger partial charge in [-0.05, 0) is 38.9 Å². The zero-order chi connectivity index (χ0) is 8.95. The molecule has 0 rings (SSSR count). The third-order valence-corrected chi connectivity index (χ3v) is 1.20. The first-order valence-corrected chi connectivity index (χ1v) is 4.43. The van der Waals surface area contributed by atoms with Gasteiger partial charge in [-0.25, -0.2) is 0 Å². The molecule has 0 aromatic carbocycles. The summed E-state index contributed by atoms with van der Waals surface area (Å²) < 4.78 is 0. The van der Waals surface area contributed by atoms with Crippen LogP contribution in [-0.4, -0.2) is 19.6 Å². The highest BCUT2D eigenvalue weighted by Gasteiger charge is 1.80. The lowest BCUT2D eigenvalue weighted by atomic mass is 10.2. The Kier molecular flexibility index (Phi) is 20.2. The number of hydrogen-bond acceptors (Lipinski definition) is 3. The summed E-state index contributed by atoms with van der Waals surface area (Å²) in [5, 5.41) is 0. The predicted octanol–water partition coefficient (Wildman–Crippen LogP) is 0.429. The highest BCUT2D eigenvalue weighted by Crippen LogP contribution is 1.88. The summed E-state index contributed by atoms with van der Waals surface area (Å²) in [5.41, 5.74) is 15.5. The van der Waals surface area contributed by atoms with Crippen LogP contribution in [0.4, 0.5) is 0 Å². The Hall–Kier alpha value is -0.120. The first-order valence-electron chi connectivity index (χ1n) is 4.43. The molecule has 0 heterocycles. The molecule has 11 heavy (non-hydrogen) atoms. The topological polar surface area (TPSA) is 78.1 Å². The van der Waals surface area contributed by atoms with Gasteiger partial charge in [-0.1, -0.05) is 13.3 Å². The smallest absolute Gasteiger partial charge is 0.00773 e. The molecule has 3 heteroatoms. The van der Waals surface area contributed by atoms with Gasteiger partial charge in [0.15, 0.2) is 0 Å². The fourth-order valence-electron chi connectivity index (χ4n) is 0.465. The lowest BCUT2D eigenvalue weighted by molar-refractivity contribution is 0.695. The van der Waals surface area contributed by atoms with Crippen LogP contribution < -0.4 is 17.2 Å². The molecule has 0 aliphatic heterocycles. The summed E-state index contributed by atoms with van der Waals surface area (Å²) >= 11 is 0. The Labute approximate surface area is 70.3 Å². The van der Waals surface area contributed by atoms with Gasteiger partial charge < -0.3 is 17.2 Å². The minimum Gasteiger partial charge on any atom is -0.330 e. The summed E-state index contributed by atoms with van der Waals surface area (Å²) in [6.07, 6.45) is 4.53. The SMILES string of the molecule is CCCN.NCCCCCN. The number of hydrogen-bond donors (Lipinski definition) is 3. The molecule has 0 unspecified atom stereocenters. The van der Waals surface area contributed by atoms with Gasteiger partial charge in [0.05, 0.1) is 0 Å². The van der Waals surface area contributed by atoms with Crippen molar-refractivity contribution in [2.24, 2.45) is 17.2 Å². The van der Waals surface area contributed by atoms with Crippen molar-refractivity contribution in [1.29, 1.82) is 0 Å². The van der Waals surface area contributed by atoms with Crippen LogP contribution in [-0.2, 0) is 0 Å². The van der Waals surface area contributed by atoms with Crippen LogP contribution in [0.25, 0.3) is 0 Å². The summed E-state index contributed by atoms with van der Waals surface area (Å²) in [6.45, 7) is 4.49. The van der Waals surface area contributed by atoms with Crippen molar-refractivity contribution in [2.75, 3.05) is 19.6 Å². The van der Waals surface area contributed by atoms with E-state index >= 15 is 0 Å². The van der Waals surface area contributed by atoms with Gasteiger partial charge in [-0.2, -0.15) is 0 Å². The van der Waals surface area contributed by atoms with E-state index in [-0.39, 0.29) is 0 Å². The minimum absolute atomic E-state index is 0.806. The molecule has 70 valence electrons. The lowest BCUT2D eigenvalue weighted by Crippen LogP contribution is -2.02. The van der Waals surface area contributed by atoms with Crippen LogP contribution in [0.1, 0.15) is 32.6 Å². The van der Waals surface area contributed by atoms with Crippen molar-refractivity contribution in [1.82, 2.24) is 0 Å². The molecule has 0 aromatic heterocycles. The molecule has 0 aromatic rings. The normalized spacial score (nSPS) is 8.73. The molecule has 0 fully saturated rings. The molecule has 6 N–H and O–H groups in total. The second kappa shape index (κ2) is 16.5. The van der Waals surface area contributed by atoms with Crippen LogP contribution in [0.5, 0.6) is 0 Å². The first-order chi connectivity index (χ1) is 5.33. The number of rotatable bonds is 5. The van der Waals surface area contributed by atoms with E-state index in [1.54, 1.807) is 0 Å². The van der Waals surface area contributed by atoms with Gasteiger partial charge in [0, 0.05) is 0 Å². The van der Waals surface area contributed by atoms with Gasteiger partial charge in [-0.15, -0.1) is 0 Å². The van der Waals surface area contributed by atoms with Crippen LogP contribution in [0, 0.1) is 0 Å². The Bertz CT molecular complexity index is 42.6. The summed E-state index contributed by atoms with van der Waals surface area (Å²) in [4.78, 5) is 0. The molecule has 0 amide bonds. The molecule has 0 saturated carbocycles. The third kappa shape index (κ3) is 25.8. The molecule has 0 saturated heterocycles. The van der Waals surface area contributed by atoms with Crippen molar-refractivity contribution in [3.05, 3.63) is 0 Å². The van der Waals surface area contributed by atoms with Gasteiger partial charge in [0.2, 0.25) is 0 Å². The Morgan fingerprint density at radius 1 is 0.727 bits per heavy atom. The standard InChI is InChI=1S/C5H14N2.C3H9N/c6-4-2-1-3-5-7;1-2-3-4/h1-7H2;2-4H2,1H3. The zero-order valence-electron chi connectivity index (χ0n) is 7.68. The Morgan fingerprint density at radius 3 is 1.27 bits per heavy atom. The largest absolute Gasteiger partial charge is 0.330 e. The van der Waals surface area contributed by atoms with Crippen molar-refractivity contribution in [3.8, 4) is 0 Å². The molecule has 0 aliphatic rings. The monoisotopic (exact) mass is 161 g/mol. The van der Waals surface area contributed by atoms with Crippen LogP contribution >= 0.6 is 0 Å². The van der Waals surface area contributed by atoms with E-state index in [4.69, 9.17) is 17.2 Å². The van der Waals surface area contributed by atoms with Crippen molar-refractivity contribution in [2.45, 2.75) is 32.6 Å². The van der Waals surface area contributed by atoms with E-state index < -0.39 is 0 Å². The van der Waals surface area contributed by atoms with Crippen LogP contribution in [0.3, 0.4) is 0 Å². The molecule has 0 bridgehead atoms. The number of nitrogens with two attached hydrogens (primary N) is 3. The van der Waals surface area contributed by atoms with E-state index in [1.807, 2.05) is 0 Å². The summed E-state index contributed by atoms with van der Waals surface area (Å²) in [7, 11) is 0. The maximum atomic E-state index is 5.23. The van der Waals surface area contributed by atoms with Gasteiger partial charge >= 0.3 is 0 Å². The van der Waals surface area contributed by atoms with Gasteiger partial charge in [-0.3, -0.25) is 0 Å². The van der Waals surface area contributed by atoms with Crippen LogP contribution in [0.15, 0.2) is 0 Å². The van der Waals surface area contributed by atoms with Crippen molar-refractivity contribution in [3.63, 3.8) is 0 Å². The predicted molar refractivity (Wildman–Crippen MR) is 51.3 cm³/mol. The van der Waals surface area contributed by atoms with Gasteiger partial charge in [0.25, 0.3) is 0 Å². The molecule has 3 nitrogen and oxygen atoms in total. The van der Waals surface area contributed by atoms with Gasteiger partial charge in [0.1, 0.15) is 0 Å². The first kappa shape index (κ1) is 13.5. The Balaban J connectivity index is 0. The highest BCUT2D eigenvalue weighted by molar-refractivity contribution is 4.41. The fourth-order valence-corrected chi connectivity index (χ4v) is 0.465. The molecule has 0 atom stereocenters. The van der Waals surface area contributed by atoms with E-state index in [0.717, 1.165) is 38.9 Å².